The van der Waals surface area contributed by atoms with Crippen molar-refractivity contribution in [3.63, 3.8) is 0 Å². The Morgan fingerprint density at radius 2 is 0.720 bits per heavy atom. The lowest BCUT2D eigenvalue weighted by Gasteiger charge is -2.54. The lowest BCUT2D eigenvalue weighted by atomic mass is 9.91. The Labute approximate surface area is 160 Å². The molecule has 0 spiro atoms. The molecule has 7 heteroatoms. The molecule has 25 heavy (non-hydrogen) atoms. The first-order valence-corrected chi connectivity index (χ1v) is 18.0. The maximum atomic E-state index is 6.83. The van der Waals surface area contributed by atoms with E-state index in [0.717, 1.165) is 0 Å². The van der Waals surface area contributed by atoms with Gasteiger partial charge in [0, 0.05) is 21.2 Å². The topological polar surface area (TPSA) is 70.5 Å². The summed E-state index contributed by atoms with van der Waals surface area (Å²) in [5.74, 6) is 0. The van der Waals surface area contributed by atoms with E-state index in [1.807, 2.05) is 0 Å². The minimum absolute atomic E-state index is 0.0814. The summed E-state index contributed by atoms with van der Waals surface area (Å²) in [6, 6.07) is 0. The van der Waals surface area contributed by atoms with Crippen LogP contribution >= 0.6 is 0 Å². The lowest BCUT2D eigenvalue weighted by molar-refractivity contribution is 0.291. The zero-order valence-corrected chi connectivity index (χ0v) is 22.5. The molecule has 0 fully saturated rings. The van der Waals surface area contributed by atoms with E-state index in [9.17, 15) is 0 Å². The minimum atomic E-state index is -2.34. The van der Waals surface area contributed by atoms with Gasteiger partial charge in [0.05, 0.1) is 0 Å². The van der Waals surface area contributed by atoms with Crippen LogP contribution in [0.5, 0.6) is 0 Å². The molecule has 0 atom stereocenters. The molecule has 0 bridgehead atoms. The molecule has 0 unspecified atom stereocenters. The molecule has 0 aliphatic rings. The van der Waals surface area contributed by atoms with Crippen LogP contribution in [0.3, 0.4) is 0 Å². The van der Waals surface area contributed by atoms with Crippen LogP contribution in [0, 0.1) is 0 Å². The molecule has 0 radical (unpaired) electrons. The summed E-state index contributed by atoms with van der Waals surface area (Å²) >= 11 is 0. The van der Waals surface area contributed by atoms with Crippen molar-refractivity contribution in [3.05, 3.63) is 0 Å². The smallest absolute Gasteiger partial charge is 0.311 e. The average molecular weight is 407 g/mol. The molecule has 4 N–H and O–H groups in total. The first-order chi connectivity index (χ1) is 10.4. The Balaban J connectivity index is 5.62. The summed E-state index contributed by atoms with van der Waals surface area (Å²) in [4.78, 5) is 0. The van der Waals surface area contributed by atoms with E-state index >= 15 is 0 Å². The van der Waals surface area contributed by atoms with Gasteiger partial charge in [-0.3, -0.25) is 0 Å². The van der Waals surface area contributed by atoms with E-state index in [2.05, 4.69) is 94.7 Å². The summed E-state index contributed by atoms with van der Waals surface area (Å²) in [5.41, 5.74) is 12.4. The van der Waals surface area contributed by atoms with E-state index in [-0.39, 0.29) is 21.2 Å². The number of hydrogen-bond acceptors (Lipinski definition) is 4. The van der Waals surface area contributed by atoms with Crippen molar-refractivity contribution in [3.8, 4) is 0 Å². The second kappa shape index (κ2) is 6.83. The molecule has 0 saturated heterocycles. The van der Waals surface area contributed by atoms with Crippen molar-refractivity contribution >= 4 is 25.2 Å². The van der Waals surface area contributed by atoms with Gasteiger partial charge >= 0.3 is 8.56 Å². The lowest BCUT2D eigenvalue weighted by Crippen LogP contribution is -2.65. The molecule has 0 aromatic heterocycles. The summed E-state index contributed by atoms with van der Waals surface area (Å²) in [6.07, 6.45) is 0. The maximum absolute atomic E-state index is 6.83. The van der Waals surface area contributed by atoms with Gasteiger partial charge in [0.15, 0.2) is 16.6 Å². The number of nitrogens with two attached hydrogens (primary N) is 2. The van der Waals surface area contributed by atoms with Gasteiger partial charge < -0.3 is 19.7 Å². The normalized spacial score (nSPS) is 16.3. The molecule has 0 amide bonds. The van der Waals surface area contributed by atoms with Crippen LogP contribution in [-0.4, -0.2) is 36.3 Å². The highest BCUT2D eigenvalue weighted by Gasteiger charge is 2.55. The molecular weight excluding hydrogens is 360 g/mol. The van der Waals surface area contributed by atoms with Crippen LogP contribution in [0.4, 0.5) is 0 Å². The van der Waals surface area contributed by atoms with Crippen LogP contribution in [-0.2, 0) is 8.23 Å². The quantitative estimate of drug-likeness (QED) is 0.546. The van der Waals surface area contributed by atoms with E-state index in [1.54, 1.807) is 0 Å². The second-order valence-electron chi connectivity index (χ2n) is 11.3. The fourth-order valence-electron chi connectivity index (χ4n) is 3.06. The molecule has 0 aliphatic carbocycles. The third-order valence-corrected chi connectivity index (χ3v) is 22.6. The Bertz CT molecular complexity index is 432. The van der Waals surface area contributed by atoms with Crippen LogP contribution in [0.15, 0.2) is 0 Å². The molecular formula is C18H46N2O2Si3. The molecule has 4 nitrogen and oxygen atoms in total. The molecule has 0 aromatic carbocycles. The predicted octanol–water partition coefficient (Wildman–Crippen LogP) is 5.17. The van der Waals surface area contributed by atoms with Gasteiger partial charge in [-0.1, -0.05) is 27.7 Å². The summed E-state index contributed by atoms with van der Waals surface area (Å²) in [6.45, 7) is 30.8. The van der Waals surface area contributed by atoms with E-state index in [0.29, 0.717) is 0 Å². The fraction of sp³-hybridized carbons (Fsp3) is 1.00. The molecule has 0 rings (SSSR count). The van der Waals surface area contributed by atoms with Crippen molar-refractivity contribution in [1.82, 2.24) is 0 Å². The molecule has 0 aromatic rings. The van der Waals surface area contributed by atoms with Gasteiger partial charge in [-0.2, -0.15) is 0 Å². The van der Waals surface area contributed by atoms with Gasteiger partial charge in [-0.15, -0.1) is 0 Å². The van der Waals surface area contributed by atoms with Crippen molar-refractivity contribution in [2.75, 3.05) is 0 Å². The first-order valence-electron chi connectivity index (χ1n) is 9.39. The van der Waals surface area contributed by atoms with Gasteiger partial charge in [0.2, 0.25) is 0 Å². The highest BCUT2D eigenvalue weighted by atomic mass is 28.5. The third-order valence-electron chi connectivity index (χ3n) is 7.23. The van der Waals surface area contributed by atoms with Crippen molar-refractivity contribution in [2.45, 2.75) is 116 Å². The zero-order valence-electron chi connectivity index (χ0n) is 19.5. The Morgan fingerprint density at radius 1 is 0.520 bits per heavy atom. The van der Waals surface area contributed by atoms with Gasteiger partial charge in [-0.05, 0) is 67.0 Å². The molecule has 0 aliphatic heterocycles. The van der Waals surface area contributed by atoms with E-state index in [1.165, 1.54) is 0 Å². The fourth-order valence-corrected chi connectivity index (χ4v) is 18.6. The van der Waals surface area contributed by atoms with Gasteiger partial charge in [0.1, 0.15) is 0 Å². The third kappa shape index (κ3) is 5.27. The zero-order chi connectivity index (χ0) is 20.9. The Morgan fingerprint density at radius 3 is 0.880 bits per heavy atom. The molecule has 152 valence electrons. The Kier molecular flexibility index (Phi) is 6.96. The van der Waals surface area contributed by atoms with Crippen LogP contribution in [0.25, 0.3) is 0 Å². The molecule has 0 heterocycles. The highest BCUT2D eigenvalue weighted by Crippen LogP contribution is 2.49. The van der Waals surface area contributed by atoms with Gasteiger partial charge in [0.25, 0.3) is 0 Å². The summed E-state index contributed by atoms with van der Waals surface area (Å²) in [7, 11) is -6.55. The minimum Gasteiger partial charge on any atom is -0.436 e. The maximum Gasteiger partial charge on any atom is 0.311 e. The van der Waals surface area contributed by atoms with Crippen molar-refractivity contribution in [2.24, 2.45) is 11.5 Å². The highest BCUT2D eigenvalue weighted by molar-refractivity contribution is 6.89. The van der Waals surface area contributed by atoms with Crippen LogP contribution in [0.1, 0.15) is 55.4 Å². The Hall–Kier alpha value is 0.491. The summed E-state index contributed by atoms with van der Waals surface area (Å²) in [5, 5.41) is -0.163. The van der Waals surface area contributed by atoms with Crippen LogP contribution in [0.2, 0.25) is 49.4 Å². The van der Waals surface area contributed by atoms with Crippen molar-refractivity contribution < 1.29 is 8.23 Å². The van der Waals surface area contributed by atoms with Crippen molar-refractivity contribution in [1.29, 1.82) is 0 Å². The standard InChI is InChI=1S/C18H46N2O2Si3/c1-15(2,19)17(5,6)23(9,10)21-25(13,14)22-24(11,12)18(7,8)16(3,4)20/h19-20H2,1-14H3. The first kappa shape index (κ1) is 25.5. The summed E-state index contributed by atoms with van der Waals surface area (Å²) < 4.78 is 13.7. The largest absolute Gasteiger partial charge is 0.436 e. The van der Waals surface area contributed by atoms with Crippen LogP contribution < -0.4 is 11.5 Å². The SMILES string of the molecule is CC(C)(N)C(C)(C)[Si](C)(C)O[Si](C)(C)O[Si](C)(C)C(C)(C)C(C)(C)N. The monoisotopic (exact) mass is 406 g/mol. The predicted molar refractivity (Wildman–Crippen MR) is 119 cm³/mol. The van der Waals surface area contributed by atoms with Gasteiger partial charge in [-0.25, -0.2) is 0 Å². The number of rotatable bonds is 8. The second-order valence-corrected chi connectivity index (χ2v) is 24.3. The number of hydrogen-bond donors (Lipinski definition) is 2. The van der Waals surface area contributed by atoms with E-state index in [4.69, 9.17) is 19.7 Å². The van der Waals surface area contributed by atoms with E-state index < -0.39 is 25.2 Å². The molecule has 0 saturated carbocycles. The average Bonchev–Trinajstić information content (AvgIpc) is 2.21.